The minimum absolute atomic E-state index is 0.0900. The quantitative estimate of drug-likeness (QED) is 0.204. The number of primary sulfonamides is 1. The molecule has 31 heavy (non-hydrogen) atoms. The molecule has 4 rings (SSSR count). The molecular weight excluding hydrogens is 446 g/mol. The van der Waals surface area contributed by atoms with Gasteiger partial charge in [-0.1, -0.05) is 18.2 Å². The van der Waals surface area contributed by atoms with Gasteiger partial charge in [0.05, 0.1) is 21.7 Å². The van der Waals surface area contributed by atoms with Crippen molar-refractivity contribution in [2.24, 2.45) is 10.9 Å². The number of fused-ring (bicyclic) bond motifs is 1. The van der Waals surface area contributed by atoms with Crippen molar-refractivity contribution in [3.63, 3.8) is 0 Å². The second-order valence-electron chi connectivity index (χ2n) is 6.80. The van der Waals surface area contributed by atoms with Gasteiger partial charge < -0.3 is 16.5 Å². The first-order valence-electron chi connectivity index (χ1n) is 9.01. The van der Waals surface area contributed by atoms with E-state index in [1.165, 1.54) is 12.1 Å². The molecule has 0 spiro atoms. The second-order valence-corrected chi connectivity index (χ2v) is 10.4. The van der Waals surface area contributed by atoms with E-state index in [9.17, 15) is 16.8 Å². The Morgan fingerprint density at radius 2 is 1.71 bits per heavy atom. The lowest BCUT2D eigenvalue weighted by Crippen LogP contribution is -2.33. The Balaban J connectivity index is 2.12. The third-order valence-corrected chi connectivity index (χ3v) is 7.69. The molecule has 0 aliphatic carbocycles. The number of H-pyrrole nitrogens is 1. The molecule has 15 heteroatoms. The number of nitrogens with two attached hydrogens (primary N) is 3. The Hall–Kier alpha value is -2.63. The van der Waals surface area contributed by atoms with Crippen LogP contribution in [0.4, 0.5) is 5.95 Å². The number of hydrogen-bond acceptors (Lipinski definition) is 11. The van der Waals surface area contributed by atoms with Crippen molar-refractivity contribution < 1.29 is 16.8 Å². The first kappa shape index (κ1) is 21.6. The van der Waals surface area contributed by atoms with Crippen molar-refractivity contribution in [2.75, 3.05) is 18.0 Å². The molecule has 1 saturated heterocycles. The number of nitrogens with one attached hydrogen (secondary N) is 5. The number of rotatable bonds is 6. The fourth-order valence-electron chi connectivity index (χ4n) is 3.57. The van der Waals surface area contributed by atoms with E-state index in [4.69, 9.17) is 16.6 Å². The zero-order valence-electron chi connectivity index (χ0n) is 16.0. The van der Waals surface area contributed by atoms with Gasteiger partial charge in [-0.2, -0.15) is 11.1 Å². The number of sulfone groups is 1. The number of benzene rings is 2. The summed E-state index contributed by atoms with van der Waals surface area (Å²) in [6.45, 7) is -0.182. The summed E-state index contributed by atoms with van der Waals surface area (Å²) >= 11 is 0. The van der Waals surface area contributed by atoms with Crippen LogP contribution in [0.2, 0.25) is 0 Å². The minimum atomic E-state index is -4.49. The summed E-state index contributed by atoms with van der Waals surface area (Å²) in [4.78, 5) is 6.24. The number of para-hydroxylation sites is 1. The Kier molecular flexibility index (Phi) is 5.44. The van der Waals surface area contributed by atoms with Gasteiger partial charge in [0.1, 0.15) is 11.1 Å². The van der Waals surface area contributed by atoms with Crippen LogP contribution < -0.4 is 38.5 Å². The first-order chi connectivity index (χ1) is 14.6. The van der Waals surface area contributed by atoms with Crippen LogP contribution in [0, 0.1) is 0 Å². The van der Waals surface area contributed by atoms with Crippen LogP contribution in [0.25, 0.3) is 22.2 Å². The lowest BCUT2D eigenvalue weighted by molar-refractivity contribution is 0.534. The SMILES string of the molecule is NCCS(=O)(=O)c1ccc(-c2cccc3[nH]c(N)nc23)c(C2NNNN2)c1S(N)(=O)=O. The highest BCUT2D eigenvalue weighted by molar-refractivity contribution is 7.93. The number of sulfonamides is 1. The van der Waals surface area contributed by atoms with E-state index in [1.54, 1.807) is 18.2 Å². The second kappa shape index (κ2) is 7.81. The Morgan fingerprint density at radius 1 is 1.00 bits per heavy atom. The van der Waals surface area contributed by atoms with Gasteiger partial charge in [0.25, 0.3) is 0 Å². The maximum absolute atomic E-state index is 12.8. The van der Waals surface area contributed by atoms with E-state index in [-0.39, 0.29) is 18.1 Å². The number of imidazole rings is 1. The normalized spacial score (nSPS) is 15.7. The highest BCUT2D eigenvalue weighted by atomic mass is 32.2. The van der Waals surface area contributed by atoms with Gasteiger partial charge in [-0.3, -0.25) is 0 Å². The molecule has 166 valence electrons. The van der Waals surface area contributed by atoms with E-state index < -0.39 is 41.6 Å². The van der Waals surface area contributed by atoms with E-state index in [0.717, 1.165) is 0 Å². The van der Waals surface area contributed by atoms with Crippen LogP contribution in [0.1, 0.15) is 11.7 Å². The molecule has 0 radical (unpaired) electrons. The molecular formula is C16H21N9O4S2. The maximum Gasteiger partial charge on any atom is 0.239 e. The van der Waals surface area contributed by atoms with Crippen molar-refractivity contribution in [1.82, 2.24) is 31.9 Å². The Labute approximate surface area is 177 Å². The van der Waals surface area contributed by atoms with Crippen molar-refractivity contribution >= 4 is 36.8 Å². The van der Waals surface area contributed by atoms with Crippen LogP contribution in [0.5, 0.6) is 0 Å². The van der Waals surface area contributed by atoms with Crippen LogP contribution in [0.15, 0.2) is 40.1 Å². The Bertz CT molecular complexity index is 1360. The summed E-state index contributed by atoms with van der Waals surface area (Å²) in [5.41, 5.74) is 24.1. The molecule has 1 aromatic heterocycles. The summed E-state index contributed by atoms with van der Waals surface area (Å²) in [5.74, 6) is -0.264. The topological polar surface area (TPSA) is 223 Å². The summed E-state index contributed by atoms with van der Waals surface area (Å²) in [7, 11) is -8.53. The summed E-state index contributed by atoms with van der Waals surface area (Å²) < 4.78 is 51.0. The molecule has 3 aromatic rings. The predicted octanol–water partition coefficient (Wildman–Crippen LogP) is -1.69. The van der Waals surface area contributed by atoms with Gasteiger partial charge in [-0.25, -0.2) is 37.8 Å². The summed E-state index contributed by atoms with van der Waals surface area (Å²) in [6, 6.07) is 7.94. The smallest absolute Gasteiger partial charge is 0.239 e. The Morgan fingerprint density at radius 3 is 2.35 bits per heavy atom. The monoisotopic (exact) mass is 467 g/mol. The van der Waals surface area contributed by atoms with E-state index in [1.807, 2.05) is 0 Å². The average Bonchev–Trinajstić information content (AvgIpc) is 3.34. The fourth-order valence-corrected chi connectivity index (χ4v) is 6.38. The van der Waals surface area contributed by atoms with Crippen molar-refractivity contribution in [3.05, 3.63) is 35.9 Å². The predicted molar refractivity (Wildman–Crippen MR) is 114 cm³/mol. The third-order valence-electron chi connectivity index (χ3n) is 4.77. The van der Waals surface area contributed by atoms with E-state index >= 15 is 0 Å². The molecule has 1 aliphatic rings. The molecule has 11 N–H and O–H groups in total. The number of nitrogen functional groups attached to an aromatic ring is 1. The van der Waals surface area contributed by atoms with Gasteiger partial charge >= 0.3 is 0 Å². The molecule has 2 heterocycles. The van der Waals surface area contributed by atoms with Crippen LogP contribution in [0.3, 0.4) is 0 Å². The zero-order valence-corrected chi connectivity index (χ0v) is 17.6. The van der Waals surface area contributed by atoms with Crippen molar-refractivity contribution in [2.45, 2.75) is 16.0 Å². The van der Waals surface area contributed by atoms with Crippen LogP contribution in [-0.4, -0.2) is 39.1 Å². The van der Waals surface area contributed by atoms with Gasteiger partial charge in [0.2, 0.25) is 10.0 Å². The number of hydrazine groups is 3. The van der Waals surface area contributed by atoms with Gasteiger partial charge in [-0.15, -0.1) is 0 Å². The summed E-state index contributed by atoms with van der Waals surface area (Å²) in [5, 5.41) is 5.52. The molecule has 0 unspecified atom stereocenters. The molecule has 1 fully saturated rings. The minimum Gasteiger partial charge on any atom is -0.369 e. The van der Waals surface area contributed by atoms with Crippen LogP contribution in [-0.2, 0) is 19.9 Å². The fraction of sp³-hybridized carbons (Fsp3) is 0.188. The first-order valence-corrected chi connectivity index (χ1v) is 12.2. The number of aromatic nitrogens is 2. The molecule has 0 saturated carbocycles. The lowest BCUT2D eigenvalue weighted by atomic mass is 9.96. The number of hydrogen-bond donors (Lipinski definition) is 8. The molecule has 1 aliphatic heterocycles. The van der Waals surface area contributed by atoms with Crippen LogP contribution >= 0.6 is 0 Å². The highest BCUT2D eigenvalue weighted by Gasteiger charge is 2.34. The average molecular weight is 468 g/mol. The van der Waals surface area contributed by atoms with E-state index in [2.05, 4.69) is 31.9 Å². The summed E-state index contributed by atoms with van der Waals surface area (Å²) in [6.07, 6.45) is -0.858. The number of anilines is 1. The van der Waals surface area contributed by atoms with Crippen molar-refractivity contribution in [1.29, 1.82) is 0 Å². The largest absolute Gasteiger partial charge is 0.369 e. The number of aromatic amines is 1. The zero-order chi connectivity index (χ0) is 22.4. The lowest BCUT2D eigenvalue weighted by Gasteiger charge is -2.21. The van der Waals surface area contributed by atoms with E-state index in [0.29, 0.717) is 22.2 Å². The molecule has 2 aromatic carbocycles. The maximum atomic E-state index is 12.8. The molecule has 0 bridgehead atoms. The molecule has 0 amide bonds. The van der Waals surface area contributed by atoms with Crippen molar-refractivity contribution in [3.8, 4) is 11.1 Å². The third kappa shape index (κ3) is 3.88. The highest BCUT2D eigenvalue weighted by Crippen LogP contribution is 2.39. The van der Waals surface area contributed by atoms with Gasteiger partial charge in [0.15, 0.2) is 15.8 Å². The molecule has 13 nitrogen and oxygen atoms in total. The van der Waals surface area contributed by atoms with Gasteiger partial charge in [0, 0.05) is 17.7 Å². The number of nitrogens with zero attached hydrogens (tertiary/aromatic N) is 1. The van der Waals surface area contributed by atoms with Gasteiger partial charge in [-0.05, 0) is 17.7 Å². The molecule has 0 atom stereocenters. The standard InChI is InChI=1S/C16H21N9O4S2/c17-6-7-30(26,27)11-5-4-8(9-2-1-3-10-13(9)21-16(18)20-10)12(14(11)31(19,28)29)15-22-24-25-23-15/h1-5,15,22-25H,6-7,17H2,(H3,18,20,21)(H2,19,28,29).